The largest absolute Gasteiger partial charge is 0.507 e. The number of unbranched alkanes of at least 4 members (excludes halogenated alkanes) is 1. The molecule has 1 heterocycles. The first kappa shape index (κ1) is 31.7. The van der Waals surface area contributed by atoms with Crippen LogP contribution in [0.5, 0.6) is 5.75 Å². The zero-order valence-electron chi connectivity index (χ0n) is 26.3. The summed E-state index contributed by atoms with van der Waals surface area (Å²) in [6.07, 6.45) is 5.65. The van der Waals surface area contributed by atoms with Gasteiger partial charge in [0.2, 0.25) is 0 Å². The molecule has 37 heavy (non-hydrogen) atoms. The Morgan fingerprint density at radius 3 is 1.89 bits per heavy atom. The molecule has 1 fully saturated rings. The van der Waals surface area contributed by atoms with Crippen LogP contribution in [0.1, 0.15) is 132 Å². The van der Waals surface area contributed by atoms with Gasteiger partial charge in [0, 0.05) is 23.9 Å². The maximum Gasteiger partial charge on any atom is 0.309 e. The number of hydrogen-bond donors (Lipinski definition) is 1. The quantitative estimate of drug-likeness (QED) is 0.355. The molecule has 1 saturated heterocycles. The molecule has 0 aliphatic carbocycles. The minimum atomic E-state index is -0.178. The number of esters is 1. The molecule has 4 heteroatoms. The van der Waals surface area contributed by atoms with Crippen molar-refractivity contribution in [3.8, 4) is 5.75 Å². The maximum absolute atomic E-state index is 13.5. The Hall–Kier alpha value is -1.55. The molecule has 0 aromatic heterocycles. The van der Waals surface area contributed by atoms with Crippen LogP contribution >= 0.6 is 0 Å². The van der Waals surface area contributed by atoms with Gasteiger partial charge in [0.15, 0.2) is 0 Å². The van der Waals surface area contributed by atoms with E-state index in [1.54, 1.807) is 0 Å². The predicted molar refractivity (Wildman–Crippen MR) is 156 cm³/mol. The molecular weight excluding hydrogens is 458 g/mol. The van der Waals surface area contributed by atoms with Gasteiger partial charge in [-0.3, -0.25) is 9.69 Å². The SMILES string of the molecule is CCCCC(Cc1cc(C(C)(C)C)c(O)c(C(C)(C)C)c1)C(C)C(=O)OC1CC(C)(C)N(C)C(C)(C)C1. The lowest BCUT2D eigenvalue weighted by Crippen LogP contribution is -2.60. The normalized spacial score (nSPS) is 20.5. The van der Waals surface area contributed by atoms with Gasteiger partial charge in [-0.2, -0.15) is 0 Å². The number of piperidine rings is 1. The van der Waals surface area contributed by atoms with Crippen molar-refractivity contribution in [1.82, 2.24) is 4.90 Å². The number of benzene rings is 1. The molecule has 212 valence electrons. The zero-order valence-corrected chi connectivity index (χ0v) is 26.3. The van der Waals surface area contributed by atoms with Crippen molar-refractivity contribution in [1.29, 1.82) is 0 Å². The highest BCUT2D eigenvalue weighted by Gasteiger charge is 2.45. The molecule has 1 aliphatic heterocycles. The average molecular weight is 516 g/mol. The Labute approximate surface area is 228 Å². The predicted octanol–water partition coefficient (Wildman–Crippen LogP) is 8.17. The minimum absolute atomic E-state index is 0.0176. The van der Waals surface area contributed by atoms with E-state index in [-0.39, 0.29) is 45.8 Å². The van der Waals surface area contributed by atoms with Gasteiger partial charge in [-0.15, -0.1) is 0 Å². The molecule has 1 N–H and O–H groups in total. The molecule has 0 saturated carbocycles. The highest BCUT2D eigenvalue weighted by molar-refractivity contribution is 5.72. The number of carbonyl (C=O) groups excluding carboxylic acids is 1. The molecule has 1 aliphatic rings. The van der Waals surface area contributed by atoms with Gasteiger partial charge in [-0.05, 0) is 81.0 Å². The Morgan fingerprint density at radius 1 is 1.03 bits per heavy atom. The first-order chi connectivity index (χ1) is 16.7. The Kier molecular flexibility index (Phi) is 9.66. The molecule has 2 atom stereocenters. The lowest BCUT2D eigenvalue weighted by atomic mass is 9.76. The topological polar surface area (TPSA) is 49.8 Å². The van der Waals surface area contributed by atoms with Gasteiger partial charge >= 0.3 is 5.97 Å². The van der Waals surface area contributed by atoms with Crippen LogP contribution in [-0.2, 0) is 26.8 Å². The standard InChI is InChI=1S/C33H57NO3/c1-14-15-16-24(17-23-18-26(30(3,4)5)28(35)27(19-23)31(6,7)8)22(2)29(36)37-25-20-32(9,10)34(13)33(11,12)21-25/h18-19,22,24-25,35H,14-17,20-21H2,1-13H3. The number of hydrogen-bond acceptors (Lipinski definition) is 4. The molecule has 0 radical (unpaired) electrons. The summed E-state index contributed by atoms with van der Waals surface area (Å²) in [6, 6.07) is 4.34. The Balaban J connectivity index is 2.33. The van der Waals surface area contributed by atoms with E-state index in [2.05, 4.69) is 107 Å². The van der Waals surface area contributed by atoms with Crippen molar-refractivity contribution in [3.63, 3.8) is 0 Å². The van der Waals surface area contributed by atoms with E-state index in [1.807, 2.05) is 0 Å². The van der Waals surface area contributed by atoms with E-state index in [1.165, 1.54) is 5.56 Å². The number of ether oxygens (including phenoxy) is 1. The lowest BCUT2D eigenvalue weighted by Gasteiger charge is -2.53. The molecule has 0 bridgehead atoms. The number of phenols is 1. The van der Waals surface area contributed by atoms with E-state index in [0.29, 0.717) is 5.75 Å². The third-order valence-corrected chi connectivity index (χ3v) is 8.84. The first-order valence-electron chi connectivity index (χ1n) is 14.5. The van der Waals surface area contributed by atoms with Crippen molar-refractivity contribution in [2.24, 2.45) is 11.8 Å². The third-order valence-electron chi connectivity index (χ3n) is 8.84. The van der Waals surface area contributed by atoms with E-state index >= 15 is 0 Å². The van der Waals surface area contributed by atoms with Crippen LogP contribution < -0.4 is 0 Å². The Bertz CT molecular complexity index is 879. The van der Waals surface area contributed by atoms with Crippen molar-refractivity contribution in [2.45, 2.75) is 150 Å². The minimum Gasteiger partial charge on any atom is -0.507 e. The molecule has 2 unspecified atom stereocenters. The number of rotatable bonds is 8. The summed E-state index contributed by atoms with van der Waals surface area (Å²) in [5, 5.41) is 11.2. The second-order valence-corrected chi connectivity index (χ2v) is 15.1. The zero-order chi connectivity index (χ0) is 28.6. The lowest BCUT2D eigenvalue weighted by molar-refractivity contribution is -0.165. The van der Waals surface area contributed by atoms with Gasteiger partial charge in [0.25, 0.3) is 0 Å². The average Bonchev–Trinajstić information content (AvgIpc) is 2.73. The summed E-state index contributed by atoms with van der Waals surface area (Å²) in [7, 11) is 2.18. The molecular formula is C33H57NO3. The summed E-state index contributed by atoms with van der Waals surface area (Å²) >= 11 is 0. The van der Waals surface area contributed by atoms with E-state index in [9.17, 15) is 9.90 Å². The molecule has 1 aromatic carbocycles. The monoisotopic (exact) mass is 515 g/mol. The molecule has 1 aromatic rings. The molecule has 2 rings (SSSR count). The van der Waals surface area contributed by atoms with Crippen molar-refractivity contribution < 1.29 is 14.6 Å². The van der Waals surface area contributed by atoms with Crippen LogP contribution in [0.4, 0.5) is 0 Å². The number of aromatic hydroxyl groups is 1. The van der Waals surface area contributed by atoms with Crippen molar-refractivity contribution in [2.75, 3.05) is 7.05 Å². The van der Waals surface area contributed by atoms with Gasteiger partial charge < -0.3 is 9.84 Å². The highest BCUT2D eigenvalue weighted by Crippen LogP contribution is 2.41. The second kappa shape index (κ2) is 11.3. The molecule has 0 spiro atoms. The highest BCUT2D eigenvalue weighted by atomic mass is 16.5. The van der Waals surface area contributed by atoms with Crippen molar-refractivity contribution >= 4 is 5.97 Å². The van der Waals surface area contributed by atoms with Gasteiger partial charge in [0.05, 0.1) is 5.92 Å². The first-order valence-corrected chi connectivity index (χ1v) is 14.5. The fourth-order valence-electron chi connectivity index (χ4n) is 6.08. The van der Waals surface area contributed by atoms with Crippen LogP contribution in [0.15, 0.2) is 12.1 Å². The van der Waals surface area contributed by atoms with Gasteiger partial charge in [0.1, 0.15) is 11.9 Å². The Morgan fingerprint density at radius 2 is 1.49 bits per heavy atom. The second-order valence-electron chi connectivity index (χ2n) is 15.1. The number of phenolic OH excluding ortho intramolecular Hbond substituents is 1. The van der Waals surface area contributed by atoms with Crippen LogP contribution in [-0.4, -0.2) is 40.2 Å². The van der Waals surface area contributed by atoms with E-state index in [4.69, 9.17) is 4.74 Å². The van der Waals surface area contributed by atoms with Crippen LogP contribution in [0.2, 0.25) is 0 Å². The fraction of sp³-hybridized carbons (Fsp3) is 0.788. The number of likely N-dealkylation sites (tertiary alicyclic amines) is 1. The van der Waals surface area contributed by atoms with Crippen LogP contribution in [0.25, 0.3) is 0 Å². The smallest absolute Gasteiger partial charge is 0.309 e. The summed E-state index contributed by atoms with van der Waals surface area (Å²) in [5.74, 6) is 0.370. The fourth-order valence-corrected chi connectivity index (χ4v) is 6.08. The summed E-state index contributed by atoms with van der Waals surface area (Å²) < 4.78 is 6.24. The summed E-state index contributed by atoms with van der Waals surface area (Å²) in [6.45, 7) is 26.1. The number of nitrogens with zero attached hydrogens (tertiary/aromatic N) is 1. The summed E-state index contributed by atoms with van der Waals surface area (Å²) in [4.78, 5) is 16.0. The molecule has 0 amide bonds. The molecule has 4 nitrogen and oxygen atoms in total. The number of carbonyl (C=O) groups is 1. The van der Waals surface area contributed by atoms with E-state index < -0.39 is 0 Å². The maximum atomic E-state index is 13.5. The van der Waals surface area contributed by atoms with Gasteiger partial charge in [-0.25, -0.2) is 0 Å². The third kappa shape index (κ3) is 7.74. The van der Waals surface area contributed by atoms with Crippen LogP contribution in [0.3, 0.4) is 0 Å². The van der Waals surface area contributed by atoms with Crippen molar-refractivity contribution in [3.05, 3.63) is 28.8 Å². The van der Waals surface area contributed by atoms with Crippen LogP contribution in [0, 0.1) is 11.8 Å². The van der Waals surface area contributed by atoms with Gasteiger partial charge in [-0.1, -0.05) is 80.4 Å². The summed E-state index contributed by atoms with van der Waals surface area (Å²) in [5.41, 5.74) is 2.79. The van der Waals surface area contributed by atoms with E-state index in [0.717, 1.165) is 49.7 Å².